The lowest BCUT2D eigenvalue weighted by molar-refractivity contribution is -0.686. The first kappa shape index (κ1) is 18.4. The fraction of sp³-hybridized carbons (Fsp3) is 0.0556. The van der Waals surface area contributed by atoms with Crippen LogP contribution in [0.5, 0.6) is 0 Å². The third kappa shape index (κ3) is 4.55. The van der Waals surface area contributed by atoms with Crippen LogP contribution in [0.3, 0.4) is 0 Å². The molecule has 0 aliphatic carbocycles. The van der Waals surface area contributed by atoms with Crippen LogP contribution in [0.25, 0.3) is 11.3 Å². The molecule has 24 heavy (non-hydrogen) atoms. The number of nitrogens with zero attached hydrogens (tertiary/aromatic N) is 2. The van der Waals surface area contributed by atoms with Crippen molar-refractivity contribution in [3.8, 4) is 11.3 Å². The normalized spacial score (nSPS) is 10.1. The molecular weight excluding hydrogens is 439 g/mol. The highest BCUT2D eigenvalue weighted by Gasteiger charge is 2.12. The van der Waals surface area contributed by atoms with Gasteiger partial charge in [-0.1, -0.05) is 28.1 Å². The van der Waals surface area contributed by atoms with Crippen LogP contribution in [0.1, 0.15) is 10.4 Å². The van der Waals surface area contributed by atoms with E-state index in [1.807, 2.05) is 36.5 Å². The maximum absolute atomic E-state index is 12.9. The summed E-state index contributed by atoms with van der Waals surface area (Å²) in [5, 5.41) is 0. The number of Topliss-reactive ketones (excluding diaryl/α,β-unsaturated/α-hetero) is 1. The van der Waals surface area contributed by atoms with Gasteiger partial charge in [0.1, 0.15) is 5.82 Å². The number of benzene rings is 2. The fourth-order valence-electron chi connectivity index (χ4n) is 2.19. The van der Waals surface area contributed by atoms with Gasteiger partial charge in [-0.25, -0.2) is 8.96 Å². The standard InChI is InChI=1S/C18H13BrFN2O.BrH/c19-15-3-1-2-14(10-15)17-8-9-22(12-21-17)11-18(23)13-4-6-16(20)7-5-13;/h1-10,12H,11H2;1H/q+1;. The molecule has 3 rings (SSSR count). The van der Waals surface area contributed by atoms with Crippen molar-refractivity contribution in [1.29, 1.82) is 0 Å². The van der Waals surface area contributed by atoms with Crippen LogP contribution >= 0.6 is 32.9 Å². The maximum atomic E-state index is 12.9. The van der Waals surface area contributed by atoms with Crippen molar-refractivity contribution in [3.63, 3.8) is 0 Å². The van der Waals surface area contributed by atoms with Crippen LogP contribution in [0, 0.1) is 5.82 Å². The summed E-state index contributed by atoms with van der Waals surface area (Å²) in [6.07, 6.45) is 3.43. The molecule has 122 valence electrons. The molecule has 0 fully saturated rings. The van der Waals surface area contributed by atoms with Crippen LogP contribution in [0.4, 0.5) is 4.39 Å². The third-order valence-electron chi connectivity index (χ3n) is 3.38. The Bertz CT molecular complexity index is 836. The van der Waals surface area contributed by atoms with Gasteiger partial charge in [-0.3, -0.25) is 4.79 Å². The maximum Gasteiger partial charge on any atom is 0.287 e. The molecule has 3 aromatic rings. The molecule has 0 aliphatic rings. The second-order valence-corrected chi connectivity index (χ2v) is 5.97. The zero-order valence-electron chi connectivity index (χ0n) is 12.5. The van der Waals surface area contributed by atoms with Gasteiger partial charge in [-0.05, 0) is 41.4 Å². The molecular formula is C18H14Br2FN2O+. The van der Waals surface area contributed by atoms with Gasteiger partial charge >= 0.3 is 0 Å². The summed E-state index contributed by atoms with van der Waals surface area (Å²) in [6.45, 7) is 0.164. The highest BCUT2D eigenvalue weighted by atomic mass is 79.9. The lowest BCUT2D eigenvalue weighted by atomic mass is 10.1. The van der Waals surface area contributed by atoms with Crippen molar-refractivity contribution >= 4 is 38.7 Å². The van der Waals surface area contributed by atoms with E-state index in [0.717, 1.165) is 15.7 Å². The topological polar surface area (TPSA) is 33.8 Å². The summed E-state index contributed by atoms with van der Waals surface area (Å²) in [7, 11) is 0. The van der Waals surface area contributed by atoms with Crippen LogP contribution in [-0.2, 0) is 6.54 Å². The number of hydrogen-bond acceptors (Lipinski definition) is 2. The number of rotatable bonds is 4. The predicted octanol–water partition coefficient (Wildman–Crippen LogP) is 4.40. The van der Waals surface area contributed by atoms with Gasteiger partial charge in [0, 0.05) is 21.7 Å². The van der Waals surface area contributed by atoms with Crippen molar-refractivity contribution in [3.05, 3.63) is 83.0 Å². The summed E-state index contributed by atoms with van der Waals surface area (Å²) in [4.78, 5) is 16.5. The van der Waals surface area contributed by atoms with E-state index < -0.39 is 0 Å². The number of carbonyl (C=O) groups excluding carboxylic acids is 1. The molecule has 0 saturated carbocycles. The number of carbonyl (C=O) groups is 1. The van der Waals surface area contributed by atoms with Gasteiger partial charge in [-0.2, -0.15) is 0 Å². The minimum Gasteiger partial charge on any atom is -0.290 e. The number of hydrogen-bond donors (Lipinski definition) is 0. The average molecular weight is 453 g/mol. The Morgan fingerprint density at radius 1 is 1.12 bits per heavy atom. The SMILES string of the molecule is Br.O=C(C[n+]1ccc(-c2cccc(Br)c2)nc1)c1ccc(F)cc1. The molecule has 0 N–H and O–H groups in total. The van der Waals surface area contributed by atoms with E-state index in [-0.39, 0.29) is 35.1 Å². The minimum atomic E-state index is -0.353. The van der Waals surface area contributed by atoms with Crippen molar-refractivity contribution in [2.45, 2.75) is 6.54 Å². The molecule has 0 saturated heterocycles. The van der Waals surface area contributed by atoms with E-state index >= 15 is 0 Å². The summed E-state index contributed by atoms with van der Waals surface area (Å²) in [5.74, 6) is -0.443. The Balaban J connectivity index is 0.00000208. The van der Waals surface area contributed by atoms with E-state index in [9.17, 15) is 9.18 Å². The third-order valence-corrected chi connectivity index (χ3v) is 3.88. The number of halogens is 3. The molecule has 0 radical (unpaired) electrons. The fourth-order valence-corrected chi connectivity index (χ4v) is 2.59. The van der Waals surface area contributed by atoms with Gasteiger partial charge in [0.25, 0.3) is 6.33 Å². The zero-order chi connectivity index (χ0) is 16.2. The second kappa shape index (κ2) is 8.26. The summed E-state index contributed by atoms with van der Waals surface area (Å²) in [6, 6.07) is 15.3. The monoisotopic (exact) mass is 451 g/mol. The van der Waals surface area contributed by atoms with Crippen LogP contribution in [0.15, 0.2) is 71.6 Å². The molecule has 0 amide bonds. The number of aromatic nitrogens is 2. The van der Waals surface area contributed by atoms with Gasteiger partial charge < -0.3 is 0 Å². The molecule has 1 aromatic heterocycles. The highest BCUT2D eigenvalue weighted by Crippen LogP contribution is 2.20. The van der Waals surface area contributed by atoms with E-state index in [1.54, 1.807) is 10.9 Å². The van der Waals surface area contributed by atoms with E-state index in [2.05, 4.69) is 20.9 Å². The smallest absolute Gasteiger partial charge is 0.287 e. The van der Waals surface area contributed by atoms with Gasteiger partial charge in [0.15, 0.2) is 12.2 Å². The molecule has 0 unspecified atom stereocenters. The van der Waals surface area contributed by atoms with Crippen LogP contribution in [0.2, 0.25) is 0 Å². The Morgan fingerprint density at radius 2 is 1.88 bits per heavy atom. The molecule has 0 atom stereocenters. The van der Waals surface area contributed by atoms with Gasteiger partial charge in [0.05, 0.1) is 6.20 Å². The van der Waals surface area contributed by atoms with Crippen LogP contribution < -0.4 is 4.57 Å². The van der Waals surface area contributed by atoms with E-state index in [1.165, 1.54) is 24.3 Å². The molecule has 0 aliphatic heterocycles. The molecule has 0 bridgehead atoms. The van der Waals surface area contributed by atoms with Crippen molar-refractivity contribution in [1.82, 2.24) is 4.98 Å². The number of ketones is 1. The molecule has 6 heteroatoms. The quantitative estimate of drug-likeness (QED) is 0.434. The predicted molar refractivity (Wildman–Crippen MR) is 98.6 cm³/mol. The first-order valence-electron chi connectivity index (χ1n) is 7.01. The summed E-state index contributed by atoms with van der Waals surface area (Å²) in [5.41, 5.74) is 2.31. The van der Waals surface area contributed by atoms with Crippen molar-refractivity contribution in [2.75, 3.05) is 0 Å². The lowest BCUT2D eigenvalue weighted by Crippen LogP contribution is -2.37. The average Bonchev–Trinajstić information content (AvgIpc) is 2.56. The largest absolute Gasteiger partial charge is 0.290 e. The first-order valence-corrected chi connectivity index (χ1v) is 7.81. The van der Waals surface area contributed by atoms with E-state index in [4.69, 9.17) is 0 Å². The Hall–Kier alpha value is -1.92. The van der Waals surface area contributed by atoms with E-state index in [0.29, 0.717) is 5.56 Å². The first-order chi connectivity index (χ1) is 11.1. The van der Waals surface area contributed by atoms with Gasteiger partial charge in [-0.15, -0.1) is 17.0 Å². The molecule has 1 heterocycles. The van der Waals surface area contributed by atoms with Crippen molar-refractivity contribution in [2.24, 2.45) is 0 Å². The molecule has 2 aromatic carbocycles. The Morgan fingerprint density at radius 3 is 2.50 bits per heavy atom. The highest BCUT2D eigenvalue weighted by molar-refractivity contribution is 9.10. The lowest BCUT2D eigenvalue weighted by Gasteiger charge is -2.01. The molecule has 3 nitrogen and oxygen atoms in total. The Labute approximate surface area is 158 Å². The summed E-state index contributed by atoms with van der Waals surface area (Å²) < 4.78 is 15.6. The van der Waals surface area contributed by atoms with Crippen LogP contribution in [-0.4, -0.2) is 10.8 Å². The molecule has 0 spiro atoms. The second-order valence-electron chi connectivity index (χ2n) is 5.06. The summed E-state index contributed by atoms with van der Waals surface area (Å²) >= 11 is 3.43. The van der Waals surface area contributed by atoms with Gasteiger partial charge in [0.2, 0.25) is 5.78 Å². The zero-order valence-corrected chi connectivity index (χ0v) is 15.8. The Kier molecular flexibility index (Phi) is 6.34. The minimum absolute atomic E-state index is 0. The van der Waals surface area contributed by atoms with Crippen molar-refractivity contribution < 1.29 is 13.8 Å².